The molecule has 140 valence electrons. The first-order valence-electron chi connectivity index (χ1n) is 8.69. The number of carbonyl (C=O) groups excluding carboxylic acids is 1. The van der Waals surface area contributed by atoms with Crippen molar-refractivity contribution in [3.05, 3.63) is 47.0 Å². The van der Waals surface area contributed by atoms with Crippen LogP contribution in [0.25, 0.3) is 0 Å². The molecule has 2 aromatic rings. The molecular formula is C18H24N4O3S. The van der Waals surface area contributed by atoms with Crippen molar-refractivity contribution in [1.29, 1.82) is 0 Å². The van der Waals surface area contributed by atoms with Crippen LogP contribution in [0.15, 0.2) is 29.2 Å². The third-order valence-electron chi connectivity index (χ3n) is 4.71. The van der Waals surface area contributed by atoms with Crippen LogP contribution in [-0.4, -0.2) is 34.7 Å². The predicted molar refractivity (Wildman–Crippen MR) is 97.8 cm³/mol. The molecule has 1 aliphatic rings. The fraction of sp³-hybridized carbons (Fsp3) is 0.444. The highest BCUT2D eigenvalue weighted by atomic mass is 32.2. The van der Waals surface area contributed by atoms with Crippen LogP contribution >= 0.6 is 0 Å². The lowest BCUT2D eigenvalue weighted by Crippen LogP contribution is -2.36. The van der Waals surface area contributed by atoms with E-state index in [1.54, 1.807) is 25.1 Å². The van der Waals surface area contributed by atoms with Crippen LogP contribution in [0.1, 0.15) is 36.1 Å². The van der Waals surface area contributed by atoms with Crippen molar-refractivity contribution in [3.63, 3.8) is 0 Å². The minimum absolute atomic E-state index is 0.0328. The number of nitrogens with one attached hydrogen (secondary N) is 1. The lowest BCUT2D eigenvalue weighted by atomic mass is 10.2. The van der Waals surface area contributed by atoms with Gasteiger partial charge in [-0.1, -0.05) is 19.1 Å². The van der Waals surface area contributed by atoms with Gasteiger partial charge in [-0.15, -0.1) is 0 Å². The van der Waals surface area contributed by atoms with Gasteiger partial charge in [-0.05, 0) is 24.6 Å². The lowest BCUT2D eigenvalue weighted by molar-refractivity contribution is -0.120. The summed E-state index contributed by atoms with van der Waals surface area (Å²) in [6.07, 6.45) is 0.989. The third kappa shape index (κ3) is 3.52. The number of aryl methyl sites for hydroxylation is 1. The summed E-state index contributed by atoms with van der Waals surface area (Å²) in [5.74, 6) is 0.709. The van der Waals surface area contributed by atoms with Gasteiger partial charge in [0.1, 0.15) is 5.82 Å². The molecule has 0 unspecified atom stereocenters. The molecule has 2 heterocycles. The number of amides is 1. The Morgan fingerprint density at radius 3 is 2.81 bits per heavy atom. The Balaban J connectivity index is 1.83. The Labute approximate surface area is 154 Å². The van der Waals surface area contributed by atoms with Gasteiger partial charge in [0.15, 0.2) is 0 Å². The van der Waals surface area contributed by atoms with Crippen LogP contribution < -0.4 is 5.32 Å². The maximum atomic E-state index is 13.0. The zero-order chi connectivity index (χ0) is 18.9. The van der Waals surface area contributed by atoms with Gasteiger partial charge in [0.2, 0.25) is 15.9 Å². The van der Waals surface area contributed by atoms with E-state index < -0.39 is 10.0 Å². The van der Waals surface area contributed by atoms with Crippen molar-refractivity contribution in [2.45, 2.75) is 44.7 Å². The van der Waals surface area contributed by atoms with E-state index in [4.69, 9.17) is 0 Å². The fourth-order valence-electron chi connectivity index (χ4n) is 3.11. The molecule has 26 heavy (non-hydrogen) atoms. The molecule has 1 aromatic heterocycles. The quantitative estimate of drug-likeness (QED) is 0.857. The number of fused-ring (bicyclic) bond motifs is 1. The maximum absolute atomic E-state index is 13.0. The molecule has 0 saturated carbocycles. The number of carbonyl (C=O) groups is 1. The van der Waals surface area contributed by atoms with E-state index in [1.165, 1.54) is 4.31 Å². The highest BCUT2D eigenvalue weighted by Crippen LogP contribution is 2.25. The predicted octanol–water partition coefficient (Wildman–Crippen LogP) is 1.50. The standard InChI is InChI=1S/C18H24N4O3S/c1-4-18(23)19-11-17-20-15-8-9-22(12-16(15)21(17)3)26(24,25)14-7-5-6-13(2)10-14/h5-7,10H,4,8-9,11-12H2,1-3H3,(H,19,23). The highest BCUT2D eigenvalue weighted by Gasteiger charge is 2.31. The van der Waals surface area contributed by atoms with Gasteiger partial charge in [-0.2, -0.15) is 4.31 Å². The normalized spacial score (nSPS) is 14.9. The van der Waals surface area contributed by atoms with Crippen molar-refractivity contribution in [1.82, 2.24) is 19.2 Å². The Kier molecular flexibility index (Phi) is 5.15. The van der Waals surface area contributed by atoms with Gasteiger partial charge in [0, 0.05) is 26.4 Å². The molecule has 0 saturated heterocycles. The average molecular weight is 376 g/mol. The number of hydrogen-bond donors (Lipinski definition) is 1. The number of imidazole rings is 1. The summed E-state index contributed by atoms with van der Waals surface area (Å²) in [5, 5.41) is 2.82. The molecule has 8 heteroatoms. The number of aromatic nitrogens is 2. The molecule has 1 aromatic carbocycles. The van der Waals surface area contributed by atoms with E-state index in [0.717, 1.165) is 22.8 Å². The minimum Gasteiger partial charge on any atom is -0.349 e. The lowest BCUT2D eigenvalue weighted by Gasteiger charge is -2.26. The van der Waals surface area contributed by atoms with E-state index in [9.17, 15) is 13.2 Å². The molecule has 1 N–H and O–H groups in total. The van der Waals surface area contributed by atoms with Crippen molar-refractivity contribution >= 4 is 15.9 Å². The largest absolute Gasteiger partial charge is 0.349 e. The van der Waals surface area contributed by atoms with Gasteiger partial charge in [-0.25, -0.2) is 13.4 Å². The van der Waals surface area contributed by atoms with Crippen LogP contribution in [0, 0.1) is 6.92 Å². The SMILES string of the molecule is CCC(=O)NCc1nc2c(n1C)CN(S(=O)(=O)c1cccc(C)c1)CC2. The zero-order valence-corrected chi connectivity index (χ0v) is 16.1. The van der Waals surface area contributed by atoms with E-state index >= 15 is 0 Å². The summed E-state index contributed by atoms with van der Waals surface area (Å²) >= 11 is 0. The molecule has 1 aliphatic heterocycles. The summed E-state index contributed by atoms with van der Waals surface area (Å²) < 4.78 is 29.3. The Morgan fingerprint density at radius 1 is 1.35 bits per heavy atom. The number of rotatable bonds is 5. The molecule has 1 amide bonds. The van der Waals surface area contributed by atoms with E-state index in [-0.39, 0.29) is 12.5 Å². The minimum atomic E-state index is -3.54. The molecule has 0 spiro atoms. The topological polar surface area (TPSA) is 84.3 Å². The number of nitrogens with zero attached hydrogens (tertiary/aromatic N) is 3. The Morgan fingerprint density at radius 2 is 2.12 bits per heavy atom. The average Bonchev–Trinajstić information content (AvgIpc) is 2.95. The van der Waals surface area contributed by atoms with Crippen LogP contribution in [0.5, 0.6) is 0 Å². The smallest absolute Gasteiger partial charge is 0.243 e. The first kappa shape index (κ1) is 18.6. The first-order valence-corrected chi connectivity index (χ1v) is 10.1. The zero-order valence-electron chi connectivity index (χ0n) is 15.3. The Hall–Kier alpha value is -2.19. The van der Waals surface area contributed by atoms with Gasteiger partial charge in [0.05, 0.1) is 29.4 Å². The highest BCUT2D eigenvalue weighted by molar-refractivity contribution is 7.89. The second kappa shape index (κ2) is 7.20. The summed E-state index contributed by atoms with van der Waals surface area (Å²) in [6, 6.07) is 6.97. The number of benzene rings is 1. The molecule has 0 aliphatic carbocycles. The first-order chi connectivity index (χ1) is 12.3. The fourth-order valence-corrected chi connectivity index (χ4v) is 4.62. The van der Waals surface area contributed by atoms with E-state index in [2.05, 4.69) is 10.3 Å². The van der Waals surface area contributed by atoms with Crippen molar-refractivity contribution in [3.8, 4) is 0 Å². The van der Waals surface area contributed by atoms with Crippen molar-refractivity contribution < 1.29 is 13.2 Å². The van der Waals surface area contributed by atoms with Crippen molar-refractivity contribution in [2.24, 2.45) is 7.05 Å². The second-order valence-electron chi connectivity index (χ2n) is 6.52. The van der Waals surface area contributed by atoms with Crippen molar-refractivity contribution in [2.75, 3.05) is 6.54 Å². The molecule has 7 nitrogen and oxygen atoms in total. The van der Waals surface area contributed by atoms with E-state index in [0.29, 0.717) is 30.8 Å². The molecule has 0 radical (unpaired) electrons. The van der Waals surface area contributed by atoms with Gasteiger partial charge < -0.3 is 9.88 Å². The van der Waals surface area contributed by atoms with Crippen LogP contribution in [0.3, 0.4) is 0 Å². The second-order valence-corrected chi connectivity index (χ2v) is 8.45. The van der Waals surface area contributed by atoms with Crippen LogP contribution in [0.4, 0.5) is 0 Å². The van der Waals surface area contributed by atoms with Gasteiger partial charge >= 0.3 is 0 Å². The summed E-state index contributed by atoms with van der Waals surface area (Å²) in [6.45, 7) is 4.72. The third-order valence-corrected chi connectivity index (χ3v) is 6.55. The number of sulfonamides is 1. The molecule has 0 atom stereocenters. The van der Waals surface area contributed by atoms with Gasteiger partial charge in [0.25, 0.3) is 0 Å². The summed E-state index contributed by atoms with van der Waals surface area (Å²) in [4.78, 5) is 16.4. The maximum Gasteiger partial charge on any atom is 0.243 e. The monoisotopic (exact) mass is 376 g/mol. The number of hydrogen-bond acceptors (Lipinski definition) is 4. The Bertz CT molecular complexity index is 934. The van der Waals surface area contributed by atoms with Gasteiger partial charge in [-0.3, -0.25) is 4.79 Å². The molecule has 0 bridgehead atoms. The molecule has 3 rings (SSSR count). The summed E-state index contributed by atoms with van der Waals surface area (Å²) in [7, 11) is -1.68. The van der Waals surface area contributed by atoms with Crippen LogP contribution in [-0.2, 0) is 41.4 Å². The summed E-state index contributed by atoms with van der Waals surface area (Å²) in [5.41, 5.74) is 2.70. The molecule has 0 fully saturated rings. The molecular weight excluding hydrogens is 352 g/mol. The van der Waals surface area contributed by atoms with E-state index in [1.807, 2.05) is 24.6 Å². The van der Waals surface area contributed by atoms with Crippen LogP contribution in [0.2, 0.25) is 0 Å².